The zero-order valence-corrected chi connectivity index (χ0v) is 17.8. The van der Waals surface area contributed by atoms with Gasteiger partial charge < -0.3 is 4.74 Å². The Morgan fingerprint density at radius 2 is 2.03 bits per heavy atom. The third-order valence-corrected chi connectivity index (χ3v) is 6.54. The maximum absolute atomic E-state index is 13.4. The minimum absolute atomic E-state index is 0.176. The van der Waals surface area contributed by atoms with Gasteiger partial charge in [-0.05, 0) is 32.4 Å². The summed E-state index contributed by atoms with van der Waals surface area (Å²) in [6, 6.07) is 8.94. The SMILES string of the molecule is CCOC(=O)C1=C(C)N=c2s/c(=C/c3scnc3C)c(=O)n2C1c1ccccc1. The Morgan fingerprint density at radius 3 is 2.69 bits per heavy atom. The van der Waals surface area contributed by atoms with Crippen molar-refractivity contribution in [3.8, 4) is 0 Å². The van der Waals surface area contributed by atoms with Crippen molar-refractivity contribution in [2.75, 3.05) is 6.61 Å². The molecule has 3 heterocycles. The lowest BCUT2D eigenvalue weighted by Crippen LogP contribution is -2.39. The van der Waals surface area contributed by atoms with Gasteiger partial charge in [0.2, 0.25) is 0 Å². The van der Waals surface area contributed by atoms with Crippen LogP contribution in [0.2, 0.25) is 0 Å². The van der Waals surface area contributed by atoms with Crippen LogP contribution in [0.25, 0.3) is 6.08 Å². The van der Waals surface area contributed by atoms with Gasteiger partial charge in [-0.3, -0.25) is 9.36 Å². The zero-order chi connectivity index (χ0) is 20.5. The zero-order valence-electron chi connectivity index (χ0n) is 16.2. The smallest absolute Gasteiger partial charge is 0.338 e. The normalized spacial score (nSPS) is 16.5. The van der Waals surface area contributed by atoms with Crippen LogP contribution in [0.1, 0.15) is 36.0 Å². The van der Waals surface area contributed by atoms with Gasteiger partial charge in [-0.15, -0.1) is 11.3 Å². The van der Waals surface area contributed by atoms with Crippen molar-refractivity contribution in [1.82, 2.24) is 9.55 Å². The molecule has 2 aromatic heterocycles. The van der Waals surface area contributed by atoms with Gasteiger partial charge in [0.05, 0.1) is 44.5 Å². The molecule has 0 saturated heterocycles. The molecule has 29 heavy (non-hydrogen) atoms. The van der Waals surface area contributed by atoms with Gasteiger partial charge in [0.25, 0.3) is 5.56 Å². The molecule has 0 fully saturated rings. The van der Waals surface area contributed by atoms with Crippen molar-refractivity contribution in [3.63, 3.8) is 0 Å². The summed E-state index contributed by atoms with van der Waals surface area (Å²) in [6.45, 7) is 5.71. The van der Waals surface area contributed by atoms with Crippen molar-refractivity contribution >= 4 is 34.7 Å². The van der Waals surface area contributed by atoms with Crippen LogP contribution in [0.15, 0.2) is 56.9 Å². The van der Waals surface area contributed by atoms with E-state index >= 15 is 0 Å². The lowest BCUT2D eigenvalue weighted by Gasteiger charge is -2.24. The van der Waals surface area contributed by atoms with Gasteiger partial charge in [-0.2, -0.15) is 0 Å². The van der Waals surface area contributed by atoms with Crippen LogP contribution in [0, 0.1) is 6.92 Å². The lowest BCUT2D eigenvalue weighted by molar-refractivity contribution is -0.139. The van der Waals surface area contributed by atoms with E-state index in [1.807, 2.05) is 43.3 Å². The molecule has 0 bridgehead atoms. The fourth-order valence-electron chi connectivity index (χ4n) is 3.31. The molecule has 1 unspecified atom stereocenters. The lowest BCUT2D eigenvalue weighted by atomic mass is 9.96. The highest BCUT2D eigenvalue weighted by molar-refractivity contribution is 7.11. The molecule has 0 N–H and O–H groups in total. The van der Waals surface area contributed by atoms with E-state index in [9.17, 15) is 9.59 Å². The number of nitrogens with zero attached hydrogens (tertiary/aromatic N) is 3. The molecule has 1 aromatic carbocycles. The summed E-state index contributed by atoms with van der Waals surface area (Å²) in [5.41, 5.74) is 4.26. The Bertz CT molecular complexity index is 1280. The van der Waals surface area contributed by atoms with Crippen LogP contribution in [0.5, 0.6) is 0 Å². The number of allylic oxidation sites excluding steroid dienone is 1. The average molecular weight is 426 g/mol. The van der Waals surface area contributed by atoms with Gasteiger partial charge in [0.1, 0.15) is 0 Å². The van der Waals surface area contributed by atoms with Crippen LogP contribution < -0.4 is 14.9 Å². The van der Waals surface area contributed by atoms with E-state index in [1.54, 1.807) is 23.9 Å². The number of carbonyl (C=O) groups excluding carboxylic acids is 1. The van der Waals surface area contributed by atoms with Crippen LogP contribution in [0.4, 0.5) is 0 Å². The van der Waals surface area contributed by atoms with Gasteiger partial charge in [0, 0.05) is 0 Å². The number of fused-ring (bicyclic) bond motifs is 1. The molecule has 0 amide bonds. The van der Waals surface area contributed by atoms with Crippen molar-refractivity contribution in [1.29, 1.82) is 0 Å². The molecule has 0 spiro atoms. The van der Waals surface area contributed by atoms with Crippen molar-refractivity contribution in [2.45, 2.75) is 26.8 Å². The molecular formula is C21H19N3O3S2. The van der Waals surface area contributed by atoms with Gasteiger partial charge in [-0.1, -0.05) is 41.7 Å². The number of hydrogen-bond donors (Lipinski definition) is 0. The number of thiazole rings is 2. The second-order valence-corrected chi connectivity index (χ2v) is 8.41. The fourth-order valence-corrected chi connectivity index (χ4v) is 5.15. The standard InChI is InChI=1S/C21H19N3O3S2/c1-4-27-20(26)17-13(3)23-21-24(18(17)14-8-6-5-7-9-14)19(25)16(29-21)10-15-12(2)22-11-28-15/h5-11,18H,4H2,1-3H3/b16-10+. The molecule has 8 heteroatoms. The molecular weight excluding hydrogens is 406 g/mol. The molecule has 4 rings (SSSR count). The number of esters is 1. The highest BCUT2D eigenvalue weighted by Crippen LogP contribution is 2.30. The van der Waals surface area contributed by atoms with Crippen molar-refractivity contribution < 1.29 is 9.53 Å². The second-order valence-electron chi connectivity index (χ2n) is 6.51. The summed E-state index contributed by atoms with van der Waals surface area (Å²) >= 11 is 2.80. The summed E-state index contributed by atoms with van der Waals surface area (Å²) < 4.78 is 7.45. The molecule has 3 aromatic rings. The molecule has 0 aliphatic carbocycles. The first-order chi connectivity index (χ1) is 14.0. The minimum Gasteiger partial charge on any atom is -0.463 e. The molecule has 0 radical (unpaired) electrons. The Hall–Kier alpha value is -2.84. The largest absolute Gasteiger partial charge is 0.463 e. The number of rotatable bonds is 4. The molecule has 148 valence electrons. The molecule has 1 aliphatic heterocycles. The van der Waals surface area contributed by atoms with Gasteiger partial charge in [-0.25, -0.2) is 14.8 Å². The predicted octanol–water partition coefficient (Wildman–Crippen LogP) is 2.56. The van der Waals surface area contributed by atoms with Crippen molar-refractivity contribution in [3.05, 3.63) is 82.9 Å². The Kier molecular flexibility index (Phi) is 5.29. The monoisotopic (exact) mass is 425 g/mol. The predicted molar refractivity (Wildman–Crippen MR) is 114 cm³/mol. The Labute approximate surface area is 175 Å². The number of carbonyl (C=O) groups is 1. The maximum atomic E-state index is 13.4. The summed E-state index contributed by atoms with van der Waals surface area (Å²) in [6.07, 6.45) is 1.85. The highest BCUT2D eigenvalue weighted by atomic mass is 32.1. The van der Waals surface area contributed by atoms with Crippen molar-refractivity contribution in [2.24, 2.45) is 4.99 Å². The third-order valence-electron chi connectivity index (χ3n) is 4.68. The van der Waals surface area contributed by atoms with E-state index in [1.165, 1.54) is 22.7 Å². The summed E-state index contributed by atoms with van der Waals surface area (Å²) in [7, 11) is 0. The van der Waals surface area contributed by atoms with E-state index in [0.717, 1.165) is 16.1 Å². The Morgan fingerprint density at radius 1 is 1.28 bits per heavy atom. The Balaban J connectivity index is 1.98. The maximum Gasteiger partial charge on any atom is 0.338 e. The van der Waals surface area contributed by atoms with E-state index in [-0.39, 0.29) is 12.2 Å². The fraction of sp³-hybridized carbons (Fsp3) is 0.238. The quantitative estimate of drug-likeness (QED) is 0.602. The molecule has 6 nitrogen and oxygen atoms in total. The first-order valence-electron chi connectivity index (χ1n) is 9.16. The van der Waals surface area contributed by atoms with Gasteiger partial charge >= 0.3 is 5.97 Å². The number of aryl methyl sites for hydroxylation is 1. The van der Waals surface area contributed by atoms with Crippen LogP contribution in [0.3, 0.4) is 0 Å². The van der Waals surface area contributed by atoms with E-state index in [0.29, 0.717) is 20.6 Å². The van der Waals surface area contributed by atoms with E-state index < -0.39 is 12.0 Å². The van der Waals surface area contributed by atoms with Crippen LogP contribution in [-0.2, 0) is 9.53 Å². The van der Waals surface area contributed by atoms with Crippen LogP contribution >= 0.6 is 22.7 Å². The van der Waals surface area contributed by atoms with E-state index in [4.69, 9.17) is 4.74 Å². The van der Waals surface area contributed by atoms with E-state index in [2.05, 4.69) is 9.98 Å². The number of aromatic nitrogens is 2. The summed E-state index contributed by atoms with van der Waals surface area (Å²) in [5, 5.41) is 0. The molecule has 0 saturated carbocycles. The second kappa shape index (κ2) is 7.88. The minimum atomic E-state index is -0.573. The highest BCUT2D eigenvalue weighted by Gasteiger charge is 2.33. The first-order valence-corrected chi connectivity index (χ1v) is 10.9. The topological polar surface area (TPSA) is 73.6 Å². The number of hydrogen-bond acceptors (Lipinski definition) is 7. The summed E-state index contributed by atoms with van der Waals surface area (Å²) in [5.74, 6) is -0.449. The number of benzene rings is 1. The molecule has 1 aliphatic rings. The first kappa shape index (κ1) is 19.5. The third kappa shape index (κ3) is 3.49. The summed E-state index contributed by atoms with van der Waals surface area (Å²) in [4.78, 5) is 36.4. The average Bonchev–Trinajstić information content (AvgIpc) is 3.25. The van der Waals surface area contributed by atoms with Crippen LogP contribution in [-0.4, -0.2) is 22.1 Å². The number of ether oxygens (including phenoxy) is 1. The van der Waals surface area contributed by atoms with Gasteiger partial charge in [0.15, 0.2) is 4.80 Å². The molecule has 1 atom stereocenters.